The molecule has 1 N–H and O–H groups in total. The second-order valence-corrected chi connectivity index (χ2v) is 6.33. The van der Waals surface area contributed by atoms with Crippen molar-refractivity contribution < 1.29 is 4.79 Å². The van der Waals surface area contributed by atoms with E-state index in [4.69, 9.17) is 0 Å². The van der Waals surface area contributed by atoms with Crippen LogP contribution < -0.4 is 5.32 Å². The number of rotatable bonds is 4. The smallest absolute Gasteiger partial charge is 0.239 e. The molecule has 0 saturated carbocycles. The van der Waals surface area contributed by atoms with Crippen LogP contribution in [-0.4, -0.2) is 86.6 Å². The van der Waals surface area contributed by atoms with Crippen LogP contribution in [0.1, 0.15) is 25.7 Å². The molecule has 2 rings (SSSR count). The molecule has 0 radical (unpaired) electrons. The fourth-order valence-electron chi connectivity index (χ4n) is 2.99. The molecule has 2 heterocycles. The van der Waals surface area contributed by atoms with Gasteiger partial charge in [0.1, 0.15) is 0 Å². The first-order valence-electron chi connectivity index (χ1n) is 8.06. The Hall–Kier alpha value is -0.650. The average molecular weight is 282 g/mol. The molecule has 1 unspecified atom stereocenters. The Morgan fingerprint density at radius 1 is 1.15 bits per heavy atom. The van der Waals surface area contributed by atoms with E-state index in [0.29, 0.717) is 5.91 Å². The zero-order chi connectivity index (χ0) is 14.4. The molecule has 2 aliphatic rings. The minimum absolute atomic E-state index is 0.0748. The number of amides is 1. The molecule has 1 amide bonds. The van der Waals surface area contributed by atoms with Gasteiger partial charge in [0.2, 0.25) is 5.91 Å². The average Bonchev–Trinajstić information content (AvgIpc) is 2.74. The molecule has 2 aliphatic heterocycles. The summed E-state index contributed by atoms with van der Waals surface area (Å²) < 4.78 is 0. The van der Waals surface area contributed by atoms with Gasteiger partial charge in [0.25, 0.3) is 0 Å². The van der Waals surface area contributed by atoms with Crippen molar-refractivity contribution in [3.05, 3.63) is 0 Å². The molecule has 0 spiro atoms. The Bertz CT molecular complexity index is 292. The van der Waals surface area contributed by atoms with Crippen molar-refractivity contribution in [2.75, 3.05) is 59.9 Å². The highest BCUT2D eigenvalue weighted by Crippen LogP contribution is 2.12. The monoisotopic (exact) mass is 282 g/mol. The van der Waals surface area contributed by atoms with Crippen molar-refractivity contribution >= 4 is 5.91 Å². The molecule has 0 bridgehead atoms. The number of carbonyl (C=O) groups excluding carboxylic acids is 1. The molecule has 1 atom stereocenters. The number of nitrogens with one attached hydrogen (secondary N) is 1. The van der Waals surface area contributed by atoms with Gasteiger partial charge in [-0.2, -0.15) is 0 Å². The molecule has 5 heteroatoms. The van der Waals surface area contributed by atoms with E-state index < -0.39 is 0 Å². The zero-order valence-corrected chi connectivity index (χ0v) is 13.1. The Morgan fingerprint density at radius 3 is 2.60 bits per heavy atom. The largest absolute Gasteiger partial charge is 0.339 e. The number of piperazine rings is 1. The first-order valence-corrected chi connectivity index (χ1v) is 8.06. The zero-order valence-electron chi connectivity index (χ0n) is 13.1. The number of likely N-dealkylation sites (N-methyl/N-ethyl adjacent to an activating group) is 1. The second-order valence-electron chi connectivity index (χ2n) is 6.33. The van der Waals surface area contributed by atoms with E-state index in [1.54, 1.807) is 0 Å². The summed E-state index contributed by atoms with van der Waals surface area (Å²) in [5.74, 6) is 0.333. The summed E-state index contributed by atoms with van der Waals surface area (Å²) >= 11 is 0. The third-order valence-corrected chi connectivity index (χ3v) is 4.41. The maximum Gasteiger partial charge on any atom is 0.239 e. The van der Waals surface area contributed by atoms with Crippen LogP contribution in [0.3, 0.4) is 0 Å². The Kier molecular flexibility index (Phi) is 6.26. The van der Waals surface area contributed by atoms with E-state index in [1.807, 2.05) is 0 Å². The van der Waals surface area contributed by atoms with E-state index >= 15 is 0 Å². The molecule has 0 aliphatic carbocycles. The van der Waals surface area contributed by atoms with Crippen molar-refractivity contribution in [3.63, 3.8) is 0 Å². The van der Waals surface area contributed by atoms with Crippen LogP contribution in [0.15, 0.2) is 0 Å². The van der Waals surface area contributed by atoms with Crippen LogP contribution in [-0.2, 0) is 4.79 Å². The van der Waals surface area contributed by atoms with Gasteiger partial charge >= 0.3 is 0 Å². The van der Waals surface area contributed by atoms with Gasteiger partial charge < -0.3 is 15.1 Å². The van der Waals surface area contributed by atoms with Crippen molar-refractivity contribution in [2.24, 2.45) is 0 Å². The lowest BCUT2D eigenvalue weighted by atomic mass is 10.1. The molecule has 0 aromatic heterocycles. The summed E-state index contributed by atoms with van der Waals surface area (Å²) in [7, 11) is 4.22. The van der Waals surface area contributed by atoms with Crippen molar-refractivity contribution in [3.8, 4) is 0 Å². The van der Waals surface area contributed by atoms with Crippen LogP contribution in [0.5, 0.6) is 0 Å². The van der Waals surface area contributed by atoms with Gasteiger partial charge in [0.15, 0.2) is 0 Å². The third-order valence-electron chi connectivity index (χ3n) is 4.41. The highest BCUT2D eigenvalue weighted by molar-refractivity contribution is 5.82. The van der Waals surface area contributed by atoms with Crippen LogP contribution >= 0.6 is 0 Å². The lowest BCUT2D eigenvalue weighted by Crippen LogP contribution is -2.54. The predicted octanol–water partition coefficient (Wildman–Crippen LogP) is 0.224. The van der Waals surface area contributed by atoms with Gasteiger partial charge in [0, 0.05) is 39.3 Å². The first kappa shape index (κ1) is 15.7. The number of nitrogens with zero attached hydrogens (tertiary/aromatic N) is 3. The van der Waals surface area contributed by atoms with Crippen molar-refractivity contribution in [1.29, 1.82) is 0 Å². The highest BCUT2D eigenvalue weighted by Gasteiger charge is 2.27. The normalized spacial score (nSPS) is 25.8. The highest BCUT2D eigenvalue weighted by atomic mass is 16.2. The third kappa shape index (κ3) is 4.72. The second kappa shape index (κ2) is 7.96. The number of hydrogen-bond acceptors (Lipinski definition) is 4. The van der Waals surface area contributed by atoms with Crippen LogP contribution in [0.2, 0.25) is 0 Å². The van der Waals surface area contributed by atoms with Gasteiger partial charge in [-0.05, 0) is 33.5 Å². The summed E-state index contributed by atoms with van der Waals surface area (Å²) in [6.07, 6.45) is 4.67. The van der Waals surface area contributed by atoms with E-state index in [0.717, 1.165) is 52.2 Å². The van der Waals surface area contributed by atoms with Gasteiger partial charge in [-0.25, -0.2) is 0 Å². The molecule has 2 saturated heterocycles. The maximum atomic E-state index is 12.5. The Labute approximate surface area is 123 Å². The minimum atomic E-state index is 0.0748. The van der Waals surface area contributed by atoms with Crippen molar-refractivity contribution in [2.45, 2.75) is 31.7 Å². The molecular weight excluding hydrogens is 252 g/mol. The van der Waals surface area contributed by atoms with Gasteiger partial charge in [-0.1, -0.05) is 12.8 Å². The maximum absolute atomic E-state index is 12.5. The summed E-state index contributed by atoms with van der Waals surface area (Å²) in [6.45, 7) is 7.03. The van der Waals surface area contributed by atoms with E-state index in [-0.39, 0.29) is 6.04 Å². The Morgan fingerprint density at radius 2 is 1.90 bits per heavy atom. The Balaban J connectivity index is 1.73. The lowest BCUT2D eigenvalue weighted by molar-refractivity contribution is -0.135. The van der Waals surface area contributed by atoms with E-state index in [1.165, 1.54) is 19.3 Å². The lowest BCUT2D eigenvalue weighted by Gasteiger charge is -2.36. The molecule has 5 nitrogen and oxygen atoms in total. The first-order chi connectivity index (χ1) is 9.66. The molecule has 20 heavy (non-hydrogen) atoms. The quantitative estimate of drug-likeness (QED) is 0.801. The van der Waals surface area contributed by atoms with Crippen LogP contribution in [0.25, 0.3) is 0 Å². The molecule has 0 aromatic carbocycles. The standard InChI is InChI=1S/C15H30N4O/c1-17(2)8-9-18-10-12-19(13-11-18)15(20)14-6-4-3-5-7-16-14/h14,16H,3-13H2,1-2H3. The van der Waals surface area contributed by atoms with Crippen LogP contribution in [0, 0.1) is 0 Å². The van der Waals surface area contributed by atoms with E-state index in [2.05, 4.69) is 34.1 Å². The van der Waals surface area contributed by atoms with Crippen molar-refractivity contribution in [1.82, 2.24) is 20.0 Å². The topological polar surface area (TPSA) is 38.8 Å². The summed E-state index contributed by atoms with van der Waals surface area (Å²) in [5, 5.41) is 3.42. The van der Waals surface area contributed by atoms with Gasteiger partial charge in [0.05, 0.1) is 6.04 Å². The van der Waals surface area contributed by atoms with E-state index in [9.17, 15) is 4.79 Å². The molecule has 2 fully saturated rings. The number of carbonyl (C=O) groups is 1. The molecular formula is C15H30N4O. The summed E-state index contributed by atoms with van der Waals surface area (Å²) in [4.78, 5) is 19.3. The fraction of sp³-hybridized carbons (Fsp3) is 0.933. The predicted molar refractivity (Wildman–Crippen MR) is 81.8 cm³/mol. The summed E-state index contributed by atoms with van der Waals surface area (Å²) in [5.41, 5.74) is 0. The minimum Gasteiger partial charge on any atom is -0.339 e. The number of hydrogen-bond donors (Lipinski definition) is 1. The van der Waals surface area contributed by atoms with Gasteiger partial charge in [-0.3, -0.25) is 9.69 Å². The molecule has 0 aromatic rings. The van der Waals surface area contributed by atoms with Crippen LogP contribution in [0.4, 0.5) is 0 Å². The summed E-state index contributed by atoms with van der Waals surface area (Å²) in [6, 6.07) is 0.0748. The molecule has 116 valence electrons. The van der Waals surface area contributed by atoms with Gasteiger partial charge in [-0.15, -0.1) is 0 Å². The fourth-order valence-corrected chi connectivity index (χ4v) is 2.99. The SMILES string of the molecule is CN(C)CCN1CCN(C(=O)C2CCCCCN2)CC1.